The van der Waals surface area contributed by atoms with Crippen molar-refractivity contribution >= 4 is 17.7 Å². The zero-order valence-corrected chi connectivity index (χ0v) is 7.36. The van der Waals surface area contributed by atoms with Gasteiger partial charge in [0.15, 0.2) is 18.1 Å². The van der Waals surface area contributed by atoms with E-state index in [9.17, 15) is 14.0 Å². The first-order chi connectivity index (χ1) is 6.56. The van der Waals surface area contributed by atoms with Crippen molar-refractivity contribution in [3.63, 3.8) is 0 Å². The molecule has 0 bridgehead atoms. The summed E-state index contributed by atoms with van der Waals surface area (Å²) < 4.78 is 17.5. The number of carbonyl (C=O) groups excluding carboxylic acids is 2. The summed E-state index contributed by atoms with van der Waals surface area (Å²) in [5.74, 6) is -1.03. The monoisotopic (exact) mass is 204 g/mol. The first-order valence-electron chi connectivity index (χ1n) is 3.94. The highest BCUT2D eigenvalue weighted by atomic mass is 19.1. The highest BCUT2D eigenvalue weighted by molar-refractivity contribution is 6.40. The molecule has 0 aromatic heterocycles. The van der Waals surface area contributed by atoms with Crippen LogP contribution in [0, 0.1) is 0 Å². The van der Waals surface area contributed by atoms with Gasteiger partial charge in [0.1, 0.15) is 0 Å². The Morgan fingerprint density at radius 3 is 3.00 bits per heavy atom. The van der Waals surface area contributed by atoms with Gasteiger partial charge < -0.3 is 15.2 Å². The van der Waals surface area contributed by atoms with Gasteiger partial charge in [0.2, 0.25) is 0 Å². The number of amides is 2. The van der Waals surface area contributed by atoms with E-state index in [0.717, 1.165) is 0 Å². The van der Waals surface area contributed by atoms with Crippen LogP contribution < -0.4 is 5.32 Å². The van der Waals surface area contributed by atoms with E-state index in [-0.39, 0.29) is 6.61 Å². The molecule has 0 fully saturated rings. The predicted molar refractivity (Wildman–Crippen MR) is 43.5 cm³/mol. The number of ether oxygens (including phenoxy) is 1. The van der Waals surface area contributed by atoms with Crippen LogP contribution >= 0.6 is 0 Å². The maximum atomic E-state index is 13.1. The van der Waals surface area contributed by atoms with Gasteiger partial charge in [-0.3, -0.25) is 0 Å². The van der Waals surface area contributed by atoms with Crippen molar-refractivity contribution in [2.75, 3.05) is 6.61 Å². The smallest absolute Gasteiger partial charge is 0.356 e. The number of nitrogens with zero attached hydrogens (tertiary/aromatic N) is 1. The van der Waals surface area contributed by atoms with Gasteiger partial charge in [-0.25, -0.2) is 14.0 Å². The van der Waals surface area contributed by atoms with Gasteiger partial charge in [0.05, 0.1) is 6.61 Å². The van der Waals surface area contributed by atoms with Crippen LogP contribution in [0.15, 0.2) is 4.99 Å². The van der Waals surface area contributed by atoms with Gasteiger partial charge in [-0.1, -0.05) is 0 Å². The fourth-order valence-corrected chi connectivity index (χ4v) is 0.916. The summed E-state index contributed by atoms with van der Waals surface area (Å²) in [6, 6.07) is -0.963. The first-order valence-corrected chi connectivity index (χ1v) is 3.94. The Morgan fingerprint density at radius 1 is 1.79 bits per heavy atom. The van der Waals surface area contributed by atoms with Gasteiger partial charge in [-0.05, 0) is 6.92 Å². The summed E-state index contributed by atoms with van der Waals surface area (Å²) >= 11 is 0. The van der Waals surface area contributed by atoms with E-state index >= 15 is 0 Å². The third-order valence-corrected chi connectivity index (χ3v) is 1.52. The maximum absolute atomic E-state index is 13.1. The van der Waals surface area contributed by atoms with Crippen molar-refractivity contribution in [3.8, 4) is 0 Å². The zero-order valence-electron chi connectivity index (χ0n) is 7.36. The molecule has 14 heavy (non-hydrogen) atoms. The van der Waals surface area contributed by atoms with Crippen LogP contribution in [0.25, 0.3) is 0 Å². The molecule has 2 atom stereocenters. The average molecular weight is 204 g/mol. The SMILES string of the molecule is CCOC(=O)C1=NC(=O)NC(O)C1F. The average Bonchev–Trinajstić information content (AvgIpc) is 2.11. The van der Waals surface area contributed by atoms with Crippen molar-refractivity contribution in [3.05, 3.63) is 0 Å². The number of rotatable bonds is 2. The number of carbonyl (C=O) groups is 2. The molecule has 0 saturated heterocycles. The van der Waals surface area contributed by atoms with Crippen molar-refractivity contribution in [1.29, 1.82) is 0 Å². The second kappa shape index (κ2) is 4.14. The van der Waals surface area contributed by atoms with Crippen LogP contribution in [0.5, 0.6) is 0 Å². The fraction of sp³-hybridized carbons (Fsp3) is 0.571. The highest BCUT2D eigenvalue weighted by Crippen LogP contribution is 2.07. The minimum absolute atomic E-state index is 0.0439. The van der Waals surface area contributed by atoms with Gasteiger partial charge >= 0.3 is 12.0 Å². The second-order valence-electron chi connectivity index (χ2n) is 2.51. The van der Waals surface area contributed by atoms with Gasteiger partial charge in [-0.2, -0.15) is 4.99 Å². The Balaban J connectivity index is 2.84. The molecule has 0 aromatic carbocycles. The lowest BCUT2D eigenvalue weighted by Crippen LogP contribution is -2.51. The summed E-state index contributed by atoms with van der Waals surface area (Å²) in [6.07, 6.45) is -3.80. The lowest BCUT2D eigenvalue weighted by Gasteiger charge is -2.20. The molecule has 2 N–H and O–H groups in total. The van der Waals surface area contributed by atoms with Crippen molar-refractivity contribution in [2.24, 2.45) is 4.99 Å². The molecule has 6 nitrogen and oxygen atoms in total. The molecule has 0 saturated carbocycles. The summed E-state index contributed by atoms with van der Waals surface area (Å²) in [6.45, 7) is 1.58. The van der Waals surface area contributed by atoms with Crippen LogP contribution in [0.1, 0.15) is 6.92 Å². The Kier molecular flexibility index (Phi) is 3.13. The Hall–Kier alpha value is -1.50. The minimum atomic E-state index is -2.05. The molecule has 0 aromatic rings. The van der Waals surface area contributed by atoms with Crippen LogP contribution in [0.2, 0.25) is 0 Å². The standard InChI is InChI=1S/C7H9FN2O4/c1-2-14-6(12)4-3(8)5(11)10-7(13)9-4/h3,5,11H,2H2,1H3,(H,10,13). The number of esters is 1. The molecule has 0 spiro atoms. The molecule has 1 aliphatic rings. The van der Waals surface area contributed by atoms with Crippen LogP contribution in [-0.4, -0.2) is 41.8 Å². The molecule has 1 rings (SSSR count). The number of urea groups is 1. The molecule has 1 aliphatic heterocycles. The summed E-state index contributed by atoms with van der Waals surface area (Å²) in [4.78, 5) is 24.8. The Labute approximate surface area is 78.8 Å². The molecule has 2 amide bonds. The topological polar surface area (TPSA) is 88.0 Å². The molecular weight excluding hydrogens is 195 g/mol. The lowest BCUT2D eigenvalue weighted by atomic mass is 10.2. The van der Waals surface area contributed by atoms with E-state index in [2.05, 4.69) is 9.73 Å². The van der Waals surface area contributed by atoms with Crippen molar-refractivity contribution in [2.45, 2.75) is 19.3 Å². The van der Waals surface area contributed by atoms with E-state index < -0.39 is 30.1 Å². The Morgan fingerprint density at radius 2 is 2.43 bits per heavy atom. The number of alkyl halides is 1. The number of hydrogen-bond donors (Lipinski definition) is 2. The minimum Gasteiger partial charge on any atom is -0.461 e. The number of aliphatic imine (C=N–C) groups is 1. The van der Waals surface area contributed by atoms with Gasteiger partial charge in [-0.15, -0.1) is 0 Å². The molecule has 0 radical (unpaired) electrons. The number of nitrogens with one attached hydrogen (secondary N) is 1. The Bertz CT molecular complexity index is 291. The second-order valence-corrected chi connectivity index (χ2v) is 2.51. The molecule has 78 valence electrons. The predicted octanol–water partition coefficient (Wildman–Crippen LogP) is -0.630. The van der Waals surface area contributed by atoms with E-state index in [4.69, 9.17) is 5.11 Å². The van der Waals surface area contributed by atoms with Crippen molar-refractivity contribution < 1.29 is 23.8 Å². The lowest BCUT2D eigenvalue weighted by molar-refractivity contribution is -0.135. The van der Waals surface area contributed by atoms with Gasteiger partial charge in [0.25, 0.3) is 0 Å². The van der Waals surface area contributed by atoms with E-state index in [1.54, 1.807) is 5.32 Å². The van der Waals surface area contributed by atoms with Crippen LogP contribution in [0.3, 0.4) is 0 Å². The third kappa shape index (κ3) is 2.05. The molecule has 1 heterocycles. The molecule has 7 heteroatoms. The largest absolute Gasteiger partial charge is 0.461 e. The number of halogens is 1. The van der Waals surface area contributed by atoms with Crippen molar-refractivity contribution in [1.82, 2.24) is 5.32 Å². The zero-order chi connectivity index (χ0) is 10.7. The van der Waals surface area contributed by atoms with Crippen LogP contribution in [-0.2, 0) is 9.53 Å². The maximum Gasteiger partial charge on any atom is 0.356 e. The first kappa shape index (κ1) is 10.6. The summed E-state index contributed by atoms with van der Waals surface area (Å²) in [7, 11) is 0. The molecule has 0 aliphatic carbocycles. The molecule has 2 unspecified atom stereocenters. The normalized spacial score (nSPS) is 26.5. The molecular formula is C7H9FN2O4. The summed E-state index contributed by atoms with van der Waals surface area (Å²) in [5.41, 5.74) is -0.705. The quantitative estimate of drug-likeness (QED) is 0.586. The number of aliphatic hydroxyl groups is 1. The number of aliphatic hydroxyl groups excluding tert-OH is 1. The number of hydrogen-bond acceptors (Lipinski definition) is 4. The van der Waals surface area contributed by atoms with Crippen LogP contribution in [0.4, 0.5) is 9.18 Å². The highest BCUT2D eigenvalue weighted by Gasteiger charge is 2.35. The van der Waals surface area contributed by atoms with E-state index in [0.29, 0.717) is 0 Å². The van der Waals surface area contributed by atoms with E-state index in [1.165, 1.54) is 6.92 Å². The third-order valence-electron chi connectivity index (χ3n) is 1.52. The summed E-state index contributed by atoms with van der Waals surface area (Å²) in [5, 5.41) is 10.7. The fourth-order valence-electron chi connectivity index (χ4n) is 0.916. The van der Waals surface area contributed by atoms with E-state index in [1.807, 2.05) is 0 Å². The van der Waals surface area contributed by atoms with Gasteiger partial charge in [0, 0.05) is 0 Å².